The predicted molar refractivity (Wildman–Crippen MR) is 91.6 cm³/mol. The maximum absolute atomic E-state index is 12.2. The summed E-state index contributed by atoms with van der Waals surface area (Å²) >= 11 is 5.90. The van der Waals surface area contributed by atoms with E-state index in [1.807, 2.05) is 36.4 Å². The van der Waals surface area contributed by atoms with E-state index in [2.05, 4.69) is 5.32 Å². The molecule has 3 rings (SSSR count). The summed E-state index contributed by atoms with van der Waals surface area (Å²) in [6, 6.07) is 18.2. The minimum atomic E-state index is -0.595. The van der Waals surface area contributed by atoms with Crippen LogP contribution in [0, 0.1) is 0 Å². The minimum Gasteiger partial charge on any atom is -0.495 e. The lowest BCUT2D eigenvalue weighted by Gasteiger charge is -2.11. The molecule has 3 aromatic carbocycles. The maximum atomic E-state index is 12.2. The Morgan fingerprint density at radius 3 is 2.61 bits per heavy atom. The van der Waals surface area contributed by atoms with Gasteiger partial charge in [-0.3, -0.25) is 5.32 Å². The fourth-order valence-electron chi connectivity index (χ4n) is 2.29. The summed E-state index contributed by atoms with van der Waals surface area (Å²) in [5.41, 5.74) is 0.488. The van der Waals surface area contributed by atoms with Gasteiger partial charge in [0.2, 0.25) is 0 Å². The topological polar surface area (TPSA) is 47.6 Å². The van der Waals surface area contributed by atoms with Crippen LogP contribution in [0.15, 0.2) is 60.7 Å². The SMILES string of the molecule is COc1cc(Cl)ccc1NC(=O)Oc1cccc2ccccc12. The lowest BCUT2D eigenvalue weighted by molar-refractivity contribution is 0.215. The summed E-state index contributed by atoms with van der Waals surface area (Å²) in [6.07, 6.45) is -0.595. The van der Waals surface area contributed by atoms with Crippen LogP contribution in [-0.4, -0.2) is 13.2 Å². The summed E-state index contributed by atoms with van der Waals surface area (Å²) in [7, 11) is 1.51. The summed E-state index contributed by atoms with van der Waals surface area (Å²) < 4.78 is 10.6. The van der Waals surface area contributed by atoms with Crippen LogP contribution in [0.4, 0.5) is 10.5 Å². The van der Waals surface area contributed by atoms with Crippen molar-refractivity contribution < 1.29 is 14.3 Å². The third-order valence-electron chi connectivity index (χ3n) is 3.35. The molecule has 5 heteroatoms. The van der Waals surface area contributed by atoms with Crippen molar-refractivity contribution >= 4 is 34.2 Å². The predicted octanol–water partition coefficient (Wildman–Crippen LogP) is 5.11. The number of benzene rings is 3. The molecule has 0 heterocycles. The summed E-state index contributed by atoms with van der Waals surface area (Å²) in [4.78, 5) is 12.2. The summed E-state index contributed by atoms with van der Waals surface area (Å²) in [6.45, 7) is 0. The number of nitrogens with one attached hydrogen (secondary N) is 1. The smallest absolute Gasteiger partial charge is 0.417 e. The van der Waals surface area contributed by atoms with Crippen molar-refractivity contribution in [2.45, 2.75) is 0 Å². The number of hydrogen-bond donors (Lipinski definition) is 1. The van der Waals surface area contributed by atoms with Crippen LogP contribution in [0.1, 0.15) is 0 Å². The van der Waals surface area contributed by atoms with Gasteiger partial charge in [-0.2, -0.15) is 0 Å². The number of anilines is 1. The Labute approximate surface area is 138 Å². The summed E-state index contributed by atoms with van der Waals surface area (Å²) in [5, 5.41) is 5.05. The lowest BCUT2D eigenvalue weighted by Crippen LogP contribution is -2.17. The van der Waals surface area contributed by atoms with E-state index in [0.29, 0.717) is 22.2 Å². The molecule has 0 bridgehead atoms. The number of rotatable bonds is 3. The van der Waals surface area contributed by atoms with Gasteiger partial charge in [0.1, 0.15) is 11.5 Å². The van der Waals surface area contributed by atoms with E-state index in [4.69, 9.17) is 21.1 Å². The van der Waals surface area contributed by atoms with Crippen molar-refractivity contribution in [3.8, 4) is 11.5 Å². The van der Waals surface area contributed by atoms with Gasteiger partial charge in [-0.25, -0.2) is 4.79 Å². The van der Waals surface area contributed by atoms with Crippen molar-refractivity contribution in [1.82, 2.24) is 0 Å². The second-order valence-electron chi connectivity index (χ2n) is 4.84. The van der Waals surface area contributed by atoms with E-state index < -0.39 is 6.09 Å². The van der Waals surface area contributed by atoms with Gasteiger partial charge in [0.05, 0.1) is 12.8 Å². The van der Waals surface area contributed by atoms with Gasteiger partial charge in [-0.1, -0.05) is 48.0 Å². The van der Waals surface area contributed by atoms with Gasteiger partial charge in [-0.15, -0.1) is 0 Å². The van der Waals surface area contributed by atoms with Crippen LogP contribution in [0.25, 0.3) is 10.8 Å². The van der Waals surface area contributed by atoms with Gasteiger partial charge in [0, 0.05) is 16.5 Å². The Hall–Kier alpha value is -2.72. The molecule has 0 spiro atoms. The van der Waals surface area contributed by atoms with Gasteiger partial charge in [0.15, 0.2) is 0 Å². The number of methoxy groups -OCH3 is 1. The molecular formula is C18H14ClNO3. The Balaban J connectivity index is 1.82. The highest BCUT2D eigenvalue weighted by Crippen LogP contribution is 2.29. The van der Waals surface area contributed by atoms with E-state index in [9.17, 15) is 4.79 Å². The maximum Gasteiger partial charge on any atom is 0.417 e. The van der Waals surface area contributed by atoms with Crippen LogP contribution < -0.4 is 14.8 Å². The highest BCUT2D eigenvalue weighted by Gasteiger charge is 2.11. The van der Waals surface area contributed by atoms with Crippen molar-refractivity contribution in [1.29, 1.82) is 0 Å². The van der Waals surface area contributed by atoms with Gasteiger partial charge in [0.25, 0.3) is 0 Å². The molecule has 0 fully saturated rings. The van der Waals surface area contributed by atoms with Crippen LogP contribution in [-0.2, 0) is 0 Å². The first kappa shape index (κ1) is 15.2. The average molecular weight is 328 g/mol. The molecule has 0 unspecified atom stereocenters. The number of halogens is 1. The van der Waals surface area contributed by atoms with Gasteiger partial charge in [-0.05, 0) is 23.6 Å². The molecule has 23 heavy (non-hydrogen) atoms. The van der Waals surface area contributed by atoms with Gasteiger partial charge >= 0.3 is 6.09 Å². The minimum absolute atomic E-state index is 0.465. The quantitative estimate of drug-likeness (QED) is 0.727. The second-order valence-corrected chi connectivity index (χ2v) is 5.27. The molecule has 0 radical (unpaired) electrons. The Morgan fingerprint density at radius 2 is 1.78 bits per heavy atom. The first-order valence-corrected chi connectivity index (χ1v) is 7.35. The Bertz CT molecular complexity index is 859. The number of carbonyl (C=O) groups is 1. The monoisotopic (exact) mass is 327 g/mol. The van der Waals surface area contributed by atoms with E-state index in [1.54, 1.807) is 24.3 Å². The van der Waals surface area contributed by atoms with Crippen molar-refractivity contribution in [2.24, 2.45) is 0 Å². The first-order valence-electron chi connectivity index (χ1n) is 6.97. The molecule has 0 aliphatic heterocycles. The first-order chi connectivity index (χ1) is 11.2. The van der Waals surface area contributed by atoms with Crippen LogP contribution in [0.2, 0.25) is 5.02 Å². The zero-order valence-electron chi connectivity index (χ0n) is 12.4. The molecule has 0 aromatic heterocycles. The molecule has 0 aliphatic carbocycles. The fraction of sp³-hybridized carbons (Fsp3) is 0.0556. The number of hydrogen-bond acceptors (Lipinski definition) is 3. The zero-order chi connectivity index (χ0) is 16.2. The molecule has 4 nitrogen and oxygen atoms in total. The fourth-order valence-corrected chi connectivity index (χ4v) is 2.45. The molecule has 0 atom stereocenters. The van der Waals surface area contributed by atoms with E-state index in [-0.39, 0.29) is 0 Å². The number of ether oxygens (including phenoxy) is 2. The highest BCUT2D eigenvalue weighted by atomic mass is 35.5. The van der Waals surface area contributed by atoms with Crippen LogP contribution in [0.5, 0.6) is 11.5 Å². The summed E-state index contributed by atoms with van der Waals surface area (Å²) in [5.74, 6) is 0.959. The second kappa shape index (κ2) is 6.58. The van der Waals surface area contributed by atoms with E-state index in [1.165, 1.54) is 7.11 Å². The molecule has 0 aliphatic rings. The number of amides is 1. The van der Waals surface area contributed by atoms with Crippen LogP contribution >= 0.6 is 11.6 Å². The van der Waals surface area contributed by atoms with Crippen molar-refractivity contribution in [3.63, 3.8) is 0 Å². The molecule has 3 aromatic rings. The molecule has 0 saturated heterocycles. The highest BCUT2D eigenvalue weighted by molar-refractivity contribution is 6.30. The lowest BCUT2D eigenvalue weighted by atomic mass is 10.1. The number of fused-ring (bicyclic) bond motifs is 1. The normalized spacial score (nSPS) is 10.3. The van der Waals surface area contributed by atoms with Crippen molar-refractivity contribution in [3.05, 3.63) is 65.7 Å². The van der Waals surface area contributed by atoms with E-state index >= 15 is 0 Å². The largest absolute Gasteiger partial charge is 0.495 e. The van der Waals surface area contributed by atoms with E-state index in [0.717, 1.165) is 10.8 Å². The third-order valence-corrected chi connectivity index (χ3v) is 3.59. The Kier molecular flexibility index (Phi) is 4.35. The molecule has 116 valence electrons. The standard InChI is InChI=1S/C18H14ClNO3/c1-22-17-11-13(19)9-10-15(17)20-18(21)23-16-8-4-6-12-5-2-3-7-14(12)16/h2-11H,1H3,(H,20,21). The average Bonchev–Trinajstić information content (AvgIpc) is 2.57. The molecule has 1 amide bonds. The third kappa shape index (κ3) is 3.38. The molecule has 0 saturated carbocycles. The van der Waals surface area contributed by atoms with Crippen LogP contribution in [0.3, 0.4) is 0 Å². The van der Waals surface area contributed by atoms with Gasteiger partial charge < -0.3 is 9.47 Å². The molecular weight excluding hydrogens is 314 g/mol. The molecule has 1 N–H and O–H groups in total. The number of carbonyl (C=O) groups excluding carboxylic acids is 1. The van der Waals surface area contributed by atoms with Crippen molar-refractivity contribution in [2.75, 3.05) is 12.4 Å². The Morgan fingerprint density at radius 1 is 1.00 bits per heavy atom. The zero-order valence-corrected chi connectivity index (χ0v) is 13.1.